The summed E-state index contributed by atoms with van der Waals surface area (Å²) in [5, 5.41) is -0.0113. The van der Waals surface area contributed by atoms with E-state index in [0.29, 0.717) is 29.5 Å². The van der Waals surface area contributed by atoms with Crippen molar-refractivity contribution >= 4 is 23.4 Å². The van der Waals surface area contributed by atoms with Gasteiger partial charge in [0, 0.05) is 26.3 Å². The number of carbonyl (C=O) groups is 1. The Morgan fingerprint density at radius 2 is 1.64 bits per heavy atom. The summed E-state index contributed by atoms with van der Waals surface area (Å²) in [6, 6.07) is 12.1. The maximum atomic E-state index is 12.6. The summed E-state index contributed by atoms with van der Waals surface area (Å²) in [5.41, 5.74) is 3.18. The van der Waals surface area contributed by atoms with Gasteiger partial charge in [0.25, 0.3) is 0 Å². The highest BCUT2D eigenvalue weighted by Crippen LogP contribution is 2.42. The predicted octanol–water partition coefficient (Wildman–Crippen LogP) is 3.55. The normalized spacial score (nSPS) is 16.2. The molecule has 0 spiro atoms. The lowest BCUT2D eigenvalue weighted by molar-refractivity contribution is -0.128. The number of nitrogens with zero attached hydrogens (tertiary/aromatic N) is 2. The molecule has 0 saturated carbocycles. The van der Waals surface area contributed by atoms with Gasteiger partial charge in [-0.25, -0.2) is 0 Å². The molecule has 1 aliphatic heterocycles. The Balaban J connectivity index is 1.88. The smallest absolute Gasteiger partial charge is 0.234 e. The zero-order valence-electron chi connectivity index (χ0n) is 16.9. The fourth-order valence-electron chi connectivity index (χ4n) is 3.26. The Kier molecular flexibility index (Phi) is 6.24. The van der Waals surface area contributed by atoms with Crippen molar-refractivity contribution in [2.24, 2.45) is 0 Å². The third kappa shape index (κ3) is 3.99. The Labute approximate surface area is 170 Å². The first-order valence-corrected chi connectivity index (χ1v) is 10.0. The van der Waals surface area contributed by atoms with E-state index in [1.165, 1.54) is 0 Å². The van der Waals surface area contributed by atoms with Crippen LogP contribution < -0.4 is 19.1 Å². The number of benzene rings is 2. The SMILES string of the molecule is COc1cc(CN2C(=O)CSC2c2ccc(N(C)C)cc2)cc(OC)c1OC. The minimum atomic E-state index is -0.0113. The standard InChI is InChI=1S/C21H26N2O4S/c1-22(2)16-8-6-15(7-9-16)21-23(19(24)13-28-21)12-14-10-17(25-3)20(27-5)18(11-14)26-4/h6-11,21H,12-13H2,1-5H3. The molecular formula is C21H26N2O4S. The molecule has 3 rings (SSSR count). The Morgan fingerprint density at radius 1 is 1.04 bits per heavy atom. The van der Waals surface area contributed by atoms with Crippen LogP contribution in [0, 0.1) is 0 Å². The molecule has 1 atom stereocenters. The molecule has 1 heterocycles. The van der Waals surface area contributed by atoms with Crippen LogP contribution in [0.1, 0.15) is 16.5 Å². The maximum absolute atomic E-state index is 12.6. The van der Waals surface area contributed by atoms with Crippen molar-refractivity contribution in [1.82, 2.24) is 4.90 Å². The first-order chi connectivity index (χ1) is 13.5. The van der Waals surface area contributed by atoms with Crippen LogP contribution in [0.25, 0.3) is 0 Å². The zero-order valence-corrected chi connectivity index (χ0v) is 17.7. The molecule has 7 heteroatoms. The molecule has 1 aliphatic rings. The van der Waals surface area contributed by atoms with Crippen molar-refractivity contribution in [2.75, 3.05) is 46.1 Å². The lowest BCUT2D eigenvalue weighted by Gasteiger charge is -2.25. The Bertz CT molecular complexity index is 814. The molecule has 1 saturated heterocycles. The fourth-order valence-corrected chi connectivity index (χ4v) is 4.45. The first kappa shape index (κ1) is 20.2. The highest BCUT2D eigenvalue weighted by atomic mass is 32.2. The van der Waals surface area contributed by atoms with Gasteiger partial charge in [-0.15, -0.1) is 11.8 Å². The van der Waals surface area contributed by atoms with Gasteiger partial charge in [-0.2, -0.15) is 0 Å². The lowest BCUT2D eigenvalue weighted by Crippen LogP contribution is -2.27. The van der Waals surface area contributed by atoms with Crippen molar-refractivity contribution in [3.05, 3.63) is 47.5 Å². The molecule has 1 unspecified atom stereocenters. The van der Waals surface area contributed by atoms with Crippen LogP contribution in [0.4, 0.5) is 5.69 Å². The average molecular weight is 403 g/mol. The summed E-state index contributed by atoms with van der Waals surface area (Å²) in [7, 11) is 8.79. The van der Waals surface area contributed by atoms with Crippen LogP contribution in [0.3, 0.4) is 0 Å². The molecule has 0 aliphatic carbocycles. The molecule has 6 nitrogen and oxygen atoms in total. The number of methoxy groups -OCH3 is 3. The van der Waals surface area contributed by atoms with E-state index in [2.05, 4.69) is 29.2 Å². The topological polar surface area (TPSA) is 51.2 Å². The van der Waals surface area contributed by atoms with E-state index >= 15 is 0 Å². The van der Waals surface area contributed by atoms with Crippen molar-refractivity contribution in [3.63, 3.8) is 0 Å². The van der Waals surface area contributed by atoms with E-state index in [0.717, 1.165) is 16.8 Å². The summed E-state index contributed by atoms with van der Waals surface area (Å²) in [6.45, 7) is 0.475. The van der Waals surface area contributed by atoms with Crippen molar-refractivity contribution in [2.45, 2.75) is 11.9 Å². The third-order valence-electron chi connectivity index (χ3n) is 4.74. The van der Waals surface area contributed by atoms with Crippen molar-refractivity contribution in [1.29, 1.82) is 0 Å². The number of anilines is 1. The van der Waals surface area contributed by atoms with Gasteiger partial charge < -0.3 is 24.0 Å². The molecule has 0 N–H and O–H groups in total. The molecule has 0 radical (unpaired) electrons. The van der Waals surface area contributed by atoms with E-state index < -0.39 is 0 Å². The van der Waals surface area contributed by atoms with E-state index in [1.807, 2.05) is 31.1 Å². The first-order valence-electron chi connectivity index (χ1n) is 8.95. The van der Waals surface area contributed by atoms with Crippen LogP contribution in [-0.4, -0.2) is 52.0 Å². The number of rotatable bonds is 7. The molecule has 28 heavy (non-hydrogen) atoms. The zero-order chi connectivity index (χ0) is 20.3. The quantitative estimate of drug-likeness (QED) is 0.706. The van der Waals surface area contributed by atoms with Crippen LogP contribution in [0.5, 0.6) is 17.2 Å². The number of carbonyl (C=O) groups excluding carboxylic acids is 1. The van der Waals surface area contributed by atoms with Crippen LogP contribution in [0.2, 0.25) is 0 Å². The monoisotopic (exact) mass is 402 g/mol. The van der Waals surface area contributed by atoms with Gasteiger partial charge in [-0.1, -0.05) is 12.1 Å². The summed E-state index contributed by atoms with van der Waals surface area (Å²) in [4.78, 5) is 16.5. The second-order valence-corrected chi connectivity index (χ2v) is 7.77. The van der Waals surface area contributed by atoms with Crippen LogP contribution in [-0.2, 0) is 11.3 Å². The van der Waals surface area contributed by atoms with Gasteiger partial charge in [0.2, 0.25) is 11.7 Å². The van der Waals surface area contributed by atoms with Crippen LogP contribution >= 0.6 is 11.8 Å². The highest BCUT2D eigenvalue weighted by Gasteiger charge is 2.33. The van der Waals surface area contributed by atoms with E-state index in [1.54, 1.807) is 33.1 Å². The predicted molar refractivity (Wildman–Crippen MR) is 113 cm³/mol. The summed E-state index contributed by atoms with van der Waals surface area (Å²) in [6.07, 6.45) is 0. The van der Waals surface area contributed by atoms with Gasteiger partial charge in [-0.3, -0.25) is 4.79 Å². The number of amides is 1. The Hall–Kier alpha value is -2.54. The number of ether oxygens (including phenoxy) is 3. The van der Waals surface area contributed by atoms with Gasteiger partial charge >= 0.3 is 0 Å². The minimum Gasteiger partial charge on any atom is -0.493 e. The number of hydrogen-bond acceptors (Lipinski definition) is 6. The number of hydrogen-bond donors (Lipinski definition) is 0. The van der Waals surface area contributed by atoms with Crippen molar-refractivity contribution < 1.29 is 19.0 Å². The summed E-state index contributed by atoms with van der Waals surface area (Å²) >= 11 is 1.65. The van der Waals surface area contributed by atoms with Gasteiger partial charge in [-0.05, 0) is 35.4 Å². The molecule has 1 fully saturated rings. The second kappa shape index (κ2) is 8.65. The lowest BCUT2D eigenvalue weighted by atomic mass is 10.1. The average Bonchev–Trinajstić information content (AvgIpc) is 3.07. The summed E-state index contributed by atoms with van der Waals surface area (Å²) < 4.78 is 16.3. The van der Waals surface area contributed by atoms with Gasteiger partial charge in [0.05, 0.1) is 27.1 Å². The largest absolute Gasteiger partial charge is 0.493 e. The minimum absolute atomic E-state index is 0.0113. The van der Waals surface area contributed by atoms with Gasteiger partial charge in [0.15, 0.2) is 11.5 Å². The third-order valence-corrected chi connectivity index (χ3v) is 6.00. The fraction of sp³-hybridized carbons (Fsp3) is 0.381. The Morgan fingerprint density at radius 3 is 2.14 bits per heavy atom. The molecule has 2 aromatic carbocycles. The van der Waals surface area contributed by atoms with E-state index in [9.17, 15) is 4.79 Å². The molecule has 150 valence electrons. The summed E-state index contributed by atoms with van der Waals surface area (Å²) in [5.74, 6) is 2.32. The van der Waals surface area contributed by atoms with Gasteiger partial charge in [0.1, 0.15) is 5.37 Å². The molecular weight excluding hydrogens is 376 g/mol. The van der Waals surface area contributed by atoms with E-state index in [4.69, 9.17) is 14.2 Å². The van der Waals surface area contributed by atoms with Crippen molar-refractivity contribution in [3.8, 4) is 17.2 Å². The van der Waals surface area contributed by atoms with E-state index in [-0.39, 0.29) is 11.3 Å². The molecule has 2 aromatic rings. The molecule has 1 amide bonds. The second-order valence-electron chi connectivity index (χ2n) is 6.70. The molecule has 0 aromatic heterocycles. The van der Waals surface area contributed by atoms with Crippen LogP contribution in [0.15, 0.2) is 36.4 Å². The highest BCUT2D eigenvalue weighted by molar-refractivity contribution is 8.00. The maximum Gasteiger partial charge on any atom is 0.234 e. The molecule has 0 bridgehead atoms. The number of thioether (sulfide) groups is 1.